The van der Waals surface area contributed by atoms with Gasteiger partial charge < -0.3 is 4.98 Å². The Morgan fingerprint density at radius 2 is 2.11 bits per heavy atom. The van der Waals surface area contributed by atoms with Crippen molar-refractivity contribution in [3.05, 3.63) is 50.6 Å². The van der Waals surface area contributed by atoms with Crippen molar-refractivity contribution in [1.82, 2.24) is 9.97 Å². The zero-order valence-electron chi connectivity index (χ0n) is 9.61. The number of nitrogens with zero attached hydrogens (tertiary/aromatic N) is 2. The van der Waals surface area contributed by atoms with E-state index >= 15 is 0 Å². The summed E-state index contributed by atoms with van der Waals surface area (Å²) in [7, 11) is 0. The number of benzene rings is 2. The first-order chi connectivity index (χ1) is 9.19. The highest BCUT2D eigenvalue weighted by Gasteiger charge is 2.09. The lowest BCUT2D eigenvalue weighted by molar-refractivity contribution is 1.33. The highest BCUT2D eigenvalue weighted by atomic mass is 127. The van der Waals surface area contributed by atoms with E-state index < -0.39 is 0 Å². The molecule has 3 nitrogen and oxygen atoms in total. The Labute approximate surface area is 128 Å². The first-order valence-electron chi connectivity index (χ1n) is 5.53. The molecule has 0 unspecified atom stereocenters. The molecule has 0 bridgehead atoms. The number of halogens is 2. The summed E-state index contributed by atoms with van der Waals surface area (Å²) in [4.78, 5) is 7.70. The van der Waals surface area contributed by atoms with Crippen LogP contribution in [-0.2, 0) is 0 Å². The maximum atomic E-state index is 9.07. The molecule has 0 saturated carbocycles. The van der Waals surface area contributed by atoms with Gasteiger partial charge in [0.2, 0.25) is 0 Å². The third-order valence-corrected chi connectivity index (χ3v) is 4.40. The number of aromatic amines is 1. The second-order valence-corrected chi connectivity index (χ2v) is 5.60. The van der Waals surface area contributed by atoms with Gasteiger partial charge in [0.25, 0.3) is 0 Å². The average molecular weight is 380 g/mol. The molecule has 3 aromatic rings. The van der Waals surface area contributed by atoms with E-state index in [4.69, 9.17) is 16.9 Å². The van der Waals surface area contributed by atoms with Crippen LogP contribution in [-0.4, -0.2) is 9.97 Å². The number of imidazole rings is 1. The summed E-state index contributed by atoms with van der Waals surface area (Å²) in [5, 5.41) is 9.76. The molecule has 1 aromatic heterocycles. The molecule has 19 heavy (non-hydrogen) atoms. The lowest BCUT2D eigenvalue weighted by atomic mass is 10.2. The van der Waals surface area contributed by atoms with Crippen molar-refractivity contribution in [3.63, 3.8) is 0 Å². The highest BCUT2D eigenvalue weighted by molar-refractivity contribution is 14.1. The number of para-hydroxylation sites is 1. The Morgan fingerprint density at radius 3 is 2.84 bits per heavy atom. The van der Waals surface area contributed by atoms with E-state index in [0.29, 0.717) is 16.1 Å². The van der Waals surface area contributed by atoms with Crippen molar-refractivity contribution in [3.8, 4) is 17.5 Å². The van der Waals surface area contributed by atoms with Crippen LogP contribution in [0.25, 0.3) is 22.4 Å². The topological polar surface area (TPSA) is 52.5 Å². The molecule has 1 heterocycles. The fourth-order valence-corrected chi connectivity index (χ4v) is 2.42. The van der Waals surface area contributed by atoms with E-state index in [0.717, 1.165) is 20.5 Å². The smallest absolute Gasteiger partial charge is 0.138 e. The minimum absolute atomic E-state index is 0.566. The van der Waals surface area contributed by atoms with Gasteiger partial charge in [-0.1, -0.05) is 23.7 Å². The standard InChI is InChI=1S/C14H7ClIN3/c15-10-6-8(4-5-11(10)16)14-18-12-3-1-2-9(7-17)13(12)19-14/h1-6H,(H,18,19). The van der Waals surface area contributed by atoms with Crippen molar-refractivity contribution in [2.45, 2.75) is 0 Å². The molecule has 0 fully saturated rings. The number of aromatic nitrogens is 2. The van der Waals surface area contributed by atoms with Crippen LogP contribution in [0.15, 0.2) is 36.4 Å². The van der Waals surface area contributed by atoms with E-state index in [9.17, 15) is 0 Å². The van der Waals surface area contributed by atoms with E-state index in [1.807, 2.05) is 30.3 Å². The van der Waals surface area contributed by atoms with E-state index in [2.05, 4.69) is 38.6 Å². The fraction of sp³-hybridized carbons (Fsp3) is 0. The van der Waals surface area contributed by atoms with Gasteiger partial charge in [-0.15, -0.1) is 0 Å². The molecule has 1 N–H and O–H groups in total. The van der Waals surface area contributed by atoms with Gasteiger partial charge in [-0.25, -0.2) is 4.98 Å². The summed E-state index contributed by atoms with van der Waals surface area (Å²) in [5.41, 5.74) is 3.01. The fourth-order valence-electron chi connectivity index (χ4n) is 1.90. The molecule has 0 spiro atoms. The maximum Gasteiger partial charge on any atom is 0.138 e. The predicted octanol–water partition coefficient (Wildman–Crippen LogP) is 4.36. The Bertz CT molecular complexity index is 817. The highest BCUT2D eigenvalue weighted by Crippen LogP contribution is 2.27. The number of rotatable bonds is 1. The van der Waals surface area contributed by atoms with Gasteiger partial charge in [0, 0.05) is 9.13 Å². The number of hydrogen-bond acceptors (Lipinski definition) is 2. The molecule has 0 radical (unpaired) electrons. The van der Waals surface area contributed by atoms with Gasteiger partial charge in [0.15, 0.2) is 0 Å². The summed E-state index contributed by atoms with van der Waals surface area (Å²) in [6.07, 6.45) is 0. The van der Waals surface area contributed by atoms with Crippen LogP contribution in [0.3, 0.4) is 0 Å². The first kappa shape index (κ1) is 12.5. The Hall–Kier alpha value is -1.58. The van der Waals surface area contributed by atoms with E-state index in [1.165, 1.54) is 0 Å². The van der Waals surface area contributed by atoms with Crippen molar-refractivity contribution >= 4 is 45.2 Å². The van der Waals surface area contributed by atoms with Crippen LogP contribution in [0, 0.1) is 14.9 Å². The summed E-state index contributed by atoms with van der Waals surface area (Å²) >= 11 is 8.30. The first-order valence-corrected chi connectivity index (χ1v) is 6.99. The normalized spacial score (nSPS) is 10.6. The zero-order chi connectivity index (χ0) is 13.4. The molecular weight excluding hydrogens is 373 g/mol. The van der Waals surface area contributed by atoms with Gasteiger partial charge in [-0.3, -0.25) is 0 Å². The molecular formula is C14H7ClIN3. The third kappa shape index (κ3) is 2.20. The summed E-state index contributed by atoms with van der Waals surface area (Å²) in [5.74, 6) is 0.719. The van der Waals surface area contributed by atoms with Gasteiger partial charge in [0.05, 0.1) is 16.1 Å². The second-order valence-electron chi connectivity index (χ2n) is 4.03. The van der Waals surface area contributed by atoms with Gasteiger partial charge in [-0.2, -0.15) is 5.26 Å². The molecule has 3 rings (SSSR count). The van der Waals surface area contributed by atoms with Crippen LogP contribution >= 0.6 is 34.2 Å². The average Bonchev–Trinajstić information content (AvgIpc) is 2.85. The summed E-state index contributed by atoms with van der Waals surface area (Å²) in [6, 6.07) is 13.4. The third-order valence-electron chi connectivity index (χ3n) is 2.83. The second kappa shape index (κ2) is 4.83. The molecule has 5 heteroatoms. The molecule has 0 atom stereocenters. The number of hydrogen-bond donors (Lipinski definition) is 1. The summed E-state index contributed by atoms with van der Waals surface area (Å²) < 4.78 is 0.997. The van der Waals surface area contributed by atoms with Crippen LogP contribution < -0.4 is 0 Å². The summed E-state index contributed by atoms with van der Waals surface area (Å²) in [6.45, 7) is 0. The van der Waals surface area contributed by atoms with Crippen LogP contribution in [0.2, 0.25) is 5.02 Å². The minimum Gasteiger partial charge on any atom is -0.338 e. The van der Waals surface area contributed by atoms with Gasteiger partial charge in [0.1, 0.15) is 17.4 Å². The lowest BCUT2D eigenvalue weighted by Crippen LogP contribution is -1.82. The zero-order valence-corrected chi connectivity index (χ0v) is 12.5. The van der Waals surface area contributed by atoms with E-state index in [1.54, 1.807) is 6.07 Å². The van der Waals surface area contributed by atoms with Crippen molar-refractivity contribution in [2.75, 3.05) is 0 Å². The molecule has 0 aliphatic heterocycles. The minimum atomic E-state index is 0.566. The number of nitriles is 1. The lowest BCUT2D eigenvalue weighted by Gasteiger charge is -1.99. The largest absolute Gasteiger partial charge is 0.338 e. The van der Waals surface area contributed by atoms with Crippen LogP contribution in [0.1, 0.15) is 5.56 Å². The number of H-pyrrole nitrogens is 1. The van der Waals surface area contributed by atoms with Gasteiger partial charge >= 0.3 is 0 Å². The molecule has 0 aliphatic rings. The Balaban J connectivity index is 2.21. The monoisotopic (exact) mass is 379 g/mol. The van der Waals surface area contributed by atoms with Crippen molar-refractivity contribution < 1.29 is 0 Å². The van der Waals surface area contributed by atoms with E-state index in [-0.39, 0.29) is 0 Å². The maximum absolute atomic E-state index is 9.07. The van der Waals surface area contributed by atoms with Crippen molar-refractivity contribution in [2.24, 2.45) is 0 Å². The SMILES string of the molecule is N#Cc1cccc2[nH]c(-c3ccc(I)c(Cl)c3)nc12. The molecule has 92 valence electrons. The molecule has 0 saturated heterocycles. The number of fused-ring (bicyclic) bond motifs is 1. The quantitative estimate of drug-likeness (QED) is 0.639. The predicted molar refractivity (Wildman–Crippen MR) is 84.0 cm³/mol. The number of nitrogens with one attached hydrogen (secondary N) is 1. The van der Waals surface area contributed by atoms with Crippen LogP contribution in [0.5, 0.6) is 0 Å². The molecule has 2 aromatic carbocycles. The molecule has 0 amide bonds. The Morgan fingerprint density at radius 1 is 1.26 bits per heavy atom. The van der Waals surface area contributed by atoms with Crippen molar-refractivity contribution in [1.29, 1.82) is 5.26 Å². The van der Waals surface area contributed by atoms with Gasteiger partial charge in [-0.05, 0) is 46.9 Å². The van der Waals surface area contributed by atoms with Crippen LogP contribution in [0.4, 0.5) is 0 Å². The Kier molecular flexibility index (Phi) is 3.17. The molecule has 0 aliphatic carbocycles.